The molecular formula is C21H30ClN5O4. The van der Waals surface area contributed by atoms with Crippen LogP contribution in [0, 0.1) is 10.1 Å². The van der Waals surface area contributed by atoms with E-state index >= 15 is 0 Å². The number of non-ortho nitro benzene ring substituents is 1. The molecule has 0 saturated carbocycles. The van der Waals surface area contributed by atoms with Gasteiger partial charge >= 0.3 is 0 Å². The lowest BCUT2D eigenvalue weighted by molar-refractivity contribution is -0.384. The summed E-state index contributed by atoms with van der Waals surface area (Å²) in [4.78, 5) is 41.8. The molecule has 9 nitrogen and oxygen atoms in total. The molecule has 31 heavy (non-hydrogen) atoms. The number of carbonyl (C=O) groups is 2. The number of nitro groups is 1. The van der Waals surface area contributed by atoms with E-state index in [1.165, 1.54) is 24.6 Å². The lowest BCUT2D eigenvalue weighted by Gasteiger charge is -2.39. The maximum atomic E-state index is 12.7. The van der Waals surface area contributed by atoms with E-state index in [2.05, 4.69) is 22.0 Å². The zero-order valence-electron chi connectivity index (χ0n) is 18.1. The Kier molecular flexibility index (Phi) is 7.85. The normalized spacial score (nSPS) is 21.5. The molecule has 0 spiro atoms. The Labute approximate surface area is 187 Å². The number of nitro benzene ring substituents is 1. The van der Waals surface area contributed by atoms with Gasteiger partial charge < -0.3 is 10.2 Å². The minimum atomic E-state index is -0.531. The number of hydrogen-bond acceptors (Lipinski definition) is 6. The fraction of sp³-hybridized carbons (Fsp3) is 0.619. The number of likely N-dealkylation sites (tertiary alicyclic amines) is 1. The minimum absolute atomic E-state index is 0.124. The largest absolute Gasteiger partial charge is 0.339 e. The number of nitrogens with zero attached hydrogens (tertiary/aromatic N) is 4. The van der Waals surface area contributed by atoms with Crippen molar-refractivity contribution in [3.05, 3.63) is 33.3 Å². The maximum Gasteiger partial charge on any atom is 0.271 e. The third-order valence-corrected chi connectivity index (χ3v) is 6.55. The number of piperidine rings is 1. The Bertz CT molecular complexity index is 828. The molecule has 2 fully saturated rings. The first kappa shape index (κ1) is 23.4. The van der Waals surface area contributed by atoms with Crippen molar-refractivity contribution >= 4 is 34.8 Å². The van der Waals surface area contributed by atoms with Crippen LogP contribution in [0.3, 0.4) is 0 Å². The highest BCUT2D eigenvalue weighted by Gasteiger charge is 2.29. The fourth-order valence-corrected chi connectivity index (χ4v) is 4.40. The number of benzene rings is 1. The van der Waals surface area contributed by atoms with Crippen LogP contribution in [0.5, 0.6) is 0 Å². The summed E-state index contributed by atoms with van der Waals surface area (Å²) in [5.74, 6) is -0.0262. The highest BCUT2D eigenvalue weighted by molar-refractivity contribution is 6.34. The van der Waals surface area contributed by atoms with Crippen LogP contribution in [-0.2, 0) is 9.59 Å². The molecule has 0 aromatic heterocycles. The van der Waals surface area contributed by atoms with E-state index in [9.17, 15) is 19.7 Å². The van der Waals surface area contributed by atoms with Crippen molar-refractivity contribution in [2.24, 2.45) is 0 Å². The maximum absolute atomic E-state index is 12.7. The number of carbonyl (C=O) groups excluding carboxylic acids is 2. The monoisotopic (exact) mass is 451 g/mol. The third kappa shape index (κ3) is 5.93. The first-order valence-electron chi connectivity index (χ1n) is 10.8. The van der Waals surface area contributed by atoms with Crippen LogP contribution in [0.4, 0.5) is 11.4 Å². The average Bonchev–Trinajstić information content (AvgIpc) is 2.75. The van der Waals surface area contributed by atoms with Crippen molar-refractivity contribution in [3.63, 3.8) is 0 Å². The van der Waals surface area contributed by atoms with Gasteiger partial charge in [-0.15, -0.1) is 0 Å². The summed E-state index contributed by atoms with van der Waals surface area (Å²) >= 11 is 6.07. The van der Waals surface area contributed by atoms with Crippen LogP contribution < -0.4 is 5.32 Å². The molecule has 1 N–H and O–H groups in total. The van der Waals surface area contributed by atoms with Gasteiger partial charge in [0.1, 0.15) is 0 Å². The predicted octanol–water partition coefficient (Wildman–Crippen LogP) is 2.59. The van der Waals surface area contributed by atoms with Gasteiger partial charge in [-0.2, -0.15) is 0 Å². The summed E-state index contributed by atoms with van der Waals surface area (Å²) in [6.45, 7) is 8.04. The molecule has 2 amide bonds. The molecule has 170 valence electrons. The predicted molar refractivity (Wildman–Crippen MR) is 119 cm³/mol. The van der Waals surface area contributed by atoms with Crippen molar-refractivity contribution in [1.82, 2.24) is 14.7 Å². The van der Waals surface area contributed by atoms with Gasteiger partial charge in [-0.1, -0.05) is 11.6 Å². The molecule has 2 aliphatic heterocycles. The van der Waals surface area contributed by atoms with Gasteiger partial charge in [-0.25, -0.2) is 0 Å². The summed E-state index contributed by atoms with van der Waals surface area (Å²) in [5, 5.41) is 13.7. The van der Waals surface area contributed by atoms with Crippen LogP contribution in [-0.4, -0.2) is 82.8 Å². The molecule has 2 saturated heterocycles. The van der Waals surface area contributed by atoms with Crippen LogP contribution in [0.25, 0.3) is 0 Å². The Morgan fingerprint density at radius 3 is 2.55 bits per heavy atom. The Hall–Kier alpha value is -2.23. The number of halogens is 1. The fourth-order valence-electron chi connectivity index (χ4n) is 4.18. The standard InChI is InChI=1S/C21H30ClN5O4/c1-15-5-3-4-8-26(15)20(28)14-24-9-11-25(12-10-24)16(2)21(29)23-19-7-6-17(27(30)31)13-18(19)22/h6-7,13,15-16H,3-5,8-12,14H2,1-2H3,(H,23,29)/t15-,16-/m0/s1. The lowest BCUT2D eigenvalue weighted by atomic mass is 10.0. The summed E-state index contributed by atoms with van der Waals surface area (Å²) in [7, 11) is 0. The van der Waals surface area contributed by atoms with Crippen LogP contribution in [0.15, 0.2) is 18.2 Å². The molecule has 0 bridgehead atoms. The van der Waals surface area contributed by atoms with Gasteiger partial charge in [0.15, 0.2) is 0 Å². The first-order valence-corrected chi connectivity index (χ1v) is 11.1. The summed E-state index contributed by atoms with van der Waals surface area (Å²) in [6, 6.07) is 3.91. The van der Waals surface area contributed by atoms with Crippen molar-refractivity contribution in [1.29, 1.82) is 0 Å². The second-order valence-corrected chi connectivity index (χ2v) is 8.74. The highest BCUT2D eigenvalue weighted by Crippen LogP contribution is 2.27. The topological polar surface area (TPSA) is 99.0 Å². The SMILES string of the molecule is C[C@@H](C(=O)Nc1ccc([N+](=O)[O-])cc1Cl)N1CCN(CC(=O)N2CCCC[C@@H]2C)CC1. The van der Waals surface area contributed by atoms with Crippen molar-refractivity contribution in [2.45, 2.75) is 45.2 Å². The minimum Gasteiger partial charge on any atom is -0.339 e. The van der Waals surface area contributed by atoms with E-state index in [4.69, 9.17) is 11.6 Å². The van der Waals surface area contributed by atoms with Gasteiger partial charge in [0.2, 0.25) is 11.8 Å². The second kappa shape index (κ2) is 10.4. The lowest BCUT2D eigenvalue weighted by Crippen LogP contribution is -2.55. The van der Waals surface area contributed by atoms with Crippen molar-refractivity contribution in [3.8, 4) is 0 Å². The Morgan fingerprint density at radius 1 is 1.23 bits per heavy atom. The molecule has 1 aromatic carbocycles. The number of rotatable bonds is 6. The van der Waals surface area contributed by atoms with Gasteiger partial charge in [0.25, 0.3) is 5.69 Å². The smallest absolute Gasteiger partial charge is 0.271 e. The number of anilines is 1. The summed E-state index contributed by atoms with van der Waals surface area (Å²) in [6.07, 6.45) is 3.34. The number of amides is 2. The first-order chi connectivity index (χ1) is 14.8. The van der Waals surface area contributed by atoms with Gasteiger partial charge in [-0.3, -0.25) is 29.5 Å². The number of piperazine rings is 1. The Morgan fingerprint density at radius 2 is 1.94 bits per heavy atom. The molecule has 3 rings (SSSR count). The van der Waals surface area contributed by atoms with Gasteiger partial charge in [0.05, 0.1) is 28.2 Å². The van der Waals surface area contributed by atoms with Crippen molar-refractivity contribution < 1.29 is 14.5 Å². The summed E-state index contributed by atoms with van der Waals surface area (Å²) in [5.41, 5.74) is 0.227. The Balaban J connectivity index is 1.48. The van der Waals surface area contributed by atoms with Crippen LogP contribution in [0.2, 0.25) is 5.02 Å². The molecule has 0 aliphatic carbocycles. The molecule has 0 unspecified atom stereocenters. The van der Waals surface area contributed by atoms with E-state index in [-0.39, 0.29) is 28.6 Å². The number of nitrogens with one attached hydrogen (secondary N) is 1. The number of hydrogen-bond donors (Lipinski definition) is 1. The quantitative estimate of drug-likeness (QED) is 0.527. The zero-order valence-corrected chi connectivity index (χ0v) is 18.8. The van der Waals surface area contributed by atoms with Crippen molar-refractivity contribution in [2.75, 3.05) is 44.6 Å². The molecule has 2 heterocycles. The van der Waals surface area contributed by atoms with Gasteiger partial charge in [0, 0.05) is 50.9 Å². The molecule has 2 atom stereocenters. The van der Waals surface area contributed by atoms with E-state index in [1.54, 1.807) is 0 Å². The van der Waals surface area contributed by atoms with Gasteiger partial charge in [-0.05, 0) is 39.2 Å². The molecule has 0 radical (unpaired) electrons. The van der Waals surface area contributed by atoms with E-state index in [0.29, 0.717) is 31.4 Å². The van der Waals surface area contributed by atoms with E-state index < -0.39 is 4.92 Å². The average molecular weight is 452 g/mol. The van der Waals surface area contributed by atoms with Crippen LogP contribution >= 0.6 is 11.6 Å². The molecular weight excluding hydrogens is 422 g/mol. The highest BCUT2D eigenvalue weighted by atomic mass is 35.5. The third-order valence-electron chi connectivity index (χ3n) is 6.24. The second-order valence-electron chi connectivity index (χ2n) is 8.33. The van der Waals surface area contributed by atoms with E-state index in [0.717, 1.165) is 32.5 Å². The molecule has 1 aromatic rings. The van der Waals surface area contributed by atoms with E-state index in [1.807, 2.05) is 11.8 Å². The zero-order chi connectivity index (χ0) is 22.5. The molecule has 10 heteroatoms. The molecule has 2 aliphatic rings. The van der Waals surface area contributed by atoms with Crippen LogP contribution in [0.1, 0.15) is 33.1 Å². The summed E-state index contributed by atoms with van der Waals surface area (Å²) < 4.78 is 0.